The van der Waals surface area contributed by atoms with Crippen molar-refractivity contribution in [1.82, 2.24) is 5.10 Å². The highest BCUT2D eigenvalue weighted by Crippen LogP contribution is 2.09. The Balaban J connectivity index is 3.33. The zero-order valence-corrected chi connectivity index (χ0v) is 7.42. The first-order valence-corrected chi connectivity index (χ1v) is 3.65. The van der Waals surface area contributed by atoms with Crippen LogP contribution in [-0.2, 0) is 7.05 Å². The van der Waals surface area contributed by atoms with Crippen LogP contribution in [0.5, 0.6) is 0 Å². The van der Waals surface area contributed by atoms with Crippen LogP contribution < -0.4 is 9.79 Å². The maximum atomic E-state index is 10.4. The largest absolute Gasteiger partial charge is 0.545 e. The molecule has 0 aliphatic rings. The summed E-state index contributed by atoms with van der Waals surface area (Å²) < 4.78 is 1.49. The maximum absolute atomic E-state index is 10.4. The third-order valence-corrected chi connectivity index (χ3v) is 1.82. The highest BCUT2D eigenvalue weighted by Gasteiger charge is 2.11. The number of nitrogens with zero attached hydrogens (tertiary/aromatic N) is 2. The SMILES string of the molecule is Cc1cc(C(=O)[O-])c(Cl)n[n+]1C. The minimum atomic E-state index is -1.31. The number of hydrogen-bond donors (Lipinski definition) is 0. The van der Waals surface area contributed by atoms with Crippen molar-refractivity contribution in [3.8, 4) is 0 Å². The van der Waals surface area contributed by atoms with Crippen molar-refractivity contribution in [2.24, 2.45) is 7.05 Å². The second-order valence-electron chi connectivity index (χ2n) is 2.40. The van der Waals surface area contributed by atoms with Gasteiger partial charge >= 0.3 is 0 Å². The van der Waals surface area contributed by atoms with Crippen LogP contribution in [0.25, 0.3) is 0 Å². The van der Waals surface area contributed by atoms with Crippen molar-refractivity contribution in [3.63, 3.8) is 0 Å². The molecule has 0 aliphatic heterocycles. The van der Waals surface area contributed by atoms with E-state index in [9.17, 15) is 9.90 Å². The first-order valence-electron chi connectivity index (χ1n) is 3.27. The molecule has 0 unspecified atom stereocenters. The second-order valence-corrected chi connectivity index (χ2v) is 2.76. The number of rotatable bonds is 1. The summed E-state index contributed by atoms with van der Waals surface area (Å²) >= 11 is 5.54. The Kier molecular flexibility index (Phi) is 2.28. The Labute approximate surface area is 74.4 Å². The molecule has 0 radical (unpaired) electrons. The summed E-state index contributed by atoms with van der Waals surface area (Å²) in [5, 5.41) is 14.1. The molecule has 0 saturated carbocycles. The van der Waals surface area contributed by atoms with Gasteiger partial charge in [0.2, 0.25) is 10.8 Å². The lowest BCUT2D eigenvalue weighted by molar-refractivity contribution is -0.736. The van der Waals surface area contributed by atoms with E-state index in [2.05, 4.69) is 5.10 Å². The van der Waals surface area contributed by atoms with E-state index < -0.39 is 5.97 Å². The Morgan fingerprint density at radius 1 is 1.75 bits per heavy atom. The number of carbonyl (C=O) groups is 1. The molecule has 0 atom stereocenters. The van der Waals surface area contributed by atoms with E-state index in [1.807, 2.05) is 0 Å². The normalized spacial score (nSPS) is 9.92. The molecule has 1 aromatic rings. The number of hydrogen-bond acceptors (Lipinski definition) is 3. The van der Waals surface area contributed by atoms with E-state index in [4.69, 9.17) is 11.6 Å². The number of carboxylic acids is 1. The molecule has 0 spiro atoms. The van der Waals surface area contributed by atoms with Crippen molar-refractivity contribution in [1.29, 1.82) is 0 Å². The number of carboxylic acid groups (broad SMARTS) is 1. The molecule has 1 aromatic heterocycles. The second kappa shape index (κ2) is 3.06. The Hall–Kier alpha value is -1.16. The fourth-order valence-electron chi connectivity index (χ4n) is 0.769. The molecule has 0 N–H and O–H groups in total. The zero-order valence-electron chi connectivity index (χ0n) is 6.67. The van der Waals surface area contributed by atoms with E-state index >= 15 is 0 Å². The Morgan fingerprint density at radius 2 is 2.33 bits per heavy atom. The molecular formula is C7H7ClN2O2. The van der Waals surface area contributed by atoms with Crippen LogP contribution in [0.4, 0.5) is 0 Å². The predicted octanol–water partition coefficient (Wildman–Crippen LogP) is -0.769. The minimum Gasteiger partial charge on any atom is -0.545 e. The zero-order chi connectivity index (χ0) is 9.30. The lowest BCUT2D eigenvalue weighted by Crippen LogP contribution is -2.38. The molecule has 64 valence electrons. The molecule has 0 saturated heterocycles. The summed E-state index contributed by atoms with van der Waals surface area (Å²) in [4.78, 5) is 10.4. The minimum absolute atomic E-state index is 0.0527. The van der Waals surface area contributed by atoms with Gasteiger partial charge in [0.15, 0.2) is 7.05 Å². The van der Waals surface area contributed by atoms with Gasteiger partial charge in [-0.25, -0.2) is 0 Å². The quantitative estimate of drug-likeness (QED) is 0.542. The lowest BCUT2D eigenvalue weighted by atomic mass is 10.3. The predicted molar refractivity (Wildman–Crippen MR) is 39.5 cm³/mol. The third kappa shape index (κ3) is 1.53. The molecule has 1 rings (SSSR count). The van der Waals surface area contributed by atoms with Crippen molar-refractivity contribution < 1.29 is 14.6 Å². The number of halogens is 1. The summed E-state index contributed by atoms with van der Waals surface area (Å²) in [7, 11) is 1.68. The molecule has 0 bridgehead atoms. The van der Waals surface area contributed by atoms with E-state index in [-0.39, 0.29) is 10.7 Å². The number of aromatic carboxylic acids is 1. The molecule has 1 heterocycles. The van der Waals surface area contributed by atoms with Crippen LogP contribution in [0.2, 0.25) is 5.15 Å². The van der Waals surface area contributed by atoms with E-state index in [0.29, 0.717) is 5.69 Å². The fraction of sp³-hybridized carbons (Fsp3) is 0.286. The fourth-order valence-corrected chi connectivity index (χ4v) is 1.01. The summed E-state index contributed by atoms with van der Waals surface area (Å²) in [5.74, 6) is -1.31. The van der Waals surface area contributed by atoms with Gasteiger partial charge in [0.05, 0.1) is 5.97 Å². The van der Waals surface area contributed by atoms with Crippen LogP contribution in [0.1, 0.15) is 16.1 Å². The number of aryl methyl sites for hydroxylation is 2. The van der Waals surface area contributed by atoms with Gasteiger partial charge in [-0.3, -0.25) is 0 Å². The highest BCUT2D eigenvalue weighted by atomic mass is 35.5. The Morgan fingerprint density at radius 3 is 2.83 bits per heavy atom. The van der Waals surface area contributed by atoms with Gasteiger partial charge < -0.3 is 9.90 Å². The third-order valence-electron chi connectivity index (χ3n) is 1.54. The molecular weight excluding hydrogens is 180 g/mol. The van der Waals surface area contributed by atoms with Crippen LogP contribution in [0, 0.1) is 6.92 Å². The van der Waals surface area contributed by atoms with Gasteiger partial charge in [-0.1, -0.05) is 16.3 Å². The summed E-state index contributed by atoms with van der Waals surface area (Å²) in [6.07, 6.45) is 0. The lowest BCUT2D eigenvalue weighted by Gasteiger charge is -2.02. The van der Waals surface area contributed by atoms with Gasteiger partial charge in [-0.2, -0.15) is 0 Å². The smallest absolute Gasteiger partial charge is 0.205 e. The van der Waals surface area contributed by atoms with Crippen molar-refractivity contribution in [2.45, 2.75) is 6.92 Å². The van der Waals surface area contributed by atoms with Gasteiger partial charge in [0.25, 0.3) is 0 Å². The first kappa shape index (κ1) is 8.93. The van der Waals surface area contributed by atoms with Gasteiger partial charge in [-0.05, 0) is 0 Å². The maximum Gasteiger partial charge on any atom is 0.205 e. The molecule has 5 heteroatoms. The van der Waals surface area contributed by atoms with Crippen LogP contribution in [-0.4, -0.2) is 11.1 Å². The average molecular weight is 187 g/mol. The average Bonchev–Trinajstić information content (AvgIpc) is 1.96. The monoisotopic (exact) mass is 186 g/mol. The van der Waals surface area contributed by atoms with Crippen molar-refractivity contribution in [3.05, 3.63) is 22.5 Å². The van der Waals surface area contributed by atoms with Crippen molar-refractivity contribution in [2.75, 3.05) is 0 Å². The van der Waals surface area contributed by atoms with Gasteiger partial charge in [0, 0.05) is 23.7 Å². The van der Waals surface area contributed by atoms with Crippen LogP contribution in [0.3, 0.4) is 0 Å². The summed E-state index contributed by atoms with van der Waals surface area (Å²) in [6.45, 7) is 1.73. The number of carbonyl (C=O) groups excluding carboxylic acids is 1. The van der Waals surface area contributed by atoms with Crippen molar-refractivity contribution >= 4 is 17.6 Å². The highest BCUT2D eigenvalue weighted by molar-refractivity contribution is 6.32. The van der Waals surface area contributed by atoms with Gasteiger partial charge in [0.1, 0.15) is 0 Å². The van der Waals surface area contributed by atoms with Crippen LogP contribution in [0.15, 0.2) is 6.07 Å². The molecule has 0 aromatic carbocycles. The summed E-state index contributed by atoms with van der Waals surface area (Å²) in [5.41, 5.74) is 0.630. The van der Waals surface area contributed by atoms with Crippen LogP contribution >= 0.6 is 11.6 Å². The topological polar surface area (TPSA) is 56.9 Å². The first-order chi connectivity index (χ1) is 5.52. The van der Waals surface area contributed by atoms with E-state index in [1.54, 1.807) is 14.0 Å². The molecule has 4 nitrogen and oxygen atoms in total. The standard InChI is InChI=1S/C7H7ClN2O2/c1-4-3-5(7(11)12)6(8)9-10(4)2/h3H,1-2H3. The number of aromatic nitrogens is 2. The molecule has 12 heavy (non-hydrogen) atoms. The van der Waals surface area contributed by atoms with Gasteiger partial charge in [-0.15, -0.1) is 0 Å². The molecule has 0 fully saturated rings. The van der Waals surface area contributed by atoms with E-state index in [0.717, 1.165) is 0 Å². The van der Waals surface area contributed by atoms with E-state index in [1.165, 1.54) is 10.7 Å². The molecule has 0 amide bonds. The Bertz CT molecular complexity index is 338. The summed E-state index contributed by atoms with van der Waals surface area (Å²) in [6, 6.07) is 1.42. The molecule has 0 aliphatic carbocycles.